The summed E-state index contributed by atoms with van der Waals surface area (Å²) in [6.07, 6.45) is 51.3. The molecule has 520 valence electrons. The van der Waals surface area contributed by atoms with Crippen LogP contribution in [0.4, 0.5) is 11.4 Å². The number of hydrazone groups is 2. The number of fused-ring (bicyclic) bond motifs is 2. The normalized spacial score (nSPS) is 11.4. The molecule has 0 amide bonds. The van der Waals surface area contributed by atoms with E-state index >= 15 is 0 Å². The van der Waals surface area contributed by atoms with Crippen molar-refractivity contribution in [1.82, 2.24) is 23.3 Å². The molecule has 0 bridgehead atoms. The molecule has 0 unspecified atom stereocenters. The van der Waals surface area contributed by atoms with Crippen LogP contribution in [-0.4, -0.2) is 71.8 Å². The van der Waals surface area contributed by atoms with Gasteiger partial charge in [0.2, 0.25) is 30.0 Å². The number of rotatable bonds is 37. The summed E-state index contributed by atoms with van der Waals surface area (Å²) in [7, 11) is 2.27. The van der Waals surface area contributed by atoms with Crippen LogP contribution in [-0.2, 0) is 58.9 Å². The van der Waals surface area contributed by atoms with Gasteiger partial charge in [0.1, 0.15) is 50.3 Å². The molecule has 20 heteroatoms. The number of aromatic nitrogens is 10. The second-order valence-corrected chi connectivity index (χ2v) is 39.5. The summed E-state index contributed by atoms with van der Waals surface area (Å²) in [4.78, 5) is 4.11. The third kappa shape index (κ3) is 30.6. The van der Waals surface area contributed by atoms with E-state index in [0.29, 0.717) is 0 Å². The van der Waals surface area contributed by atoms with E-state index in [2.05, 4.69) is 244 Å². The second kappa shape index (κ2) is 45.7. The number of imidazole rings is 4. The Labute approximate surface area is 660 Å². The molecule has 10 rings (SSSR count). The van der Waals surface area contributed by atoms with Gasteiger partial charge in [0.25, 0.3) is 0 Å². The maximum Gasteiger partial charge on any atom is 1.00 e. The van der Waals surface area contributed by atoms with Crippen LogP contribution in [0.2, 0.25) is 51.4 Å². The van der Waals surface area contributed by atoms with E-state index in [1.165, 1.54) is 124 Å². The fourth-order valence-corrected chi connectivity index (χ4v) is 14.7. The Morgan fingerprint density at radius 3 is 1.17 bits per heavy atom. The van der Waals surface area contributed by atoms with E-state index in [-0.39, 0.29) is 87.8 Å². The number of para-hydroxylation sites is 4. The number of aryl methyl sites for hydroxylation is 9. The number of nitrogens with zero attached hydrogens (tertiary/aromatic N) is 14. The van der Waals surface area contributed by atoms with Gasteiger partial charge in [-0.25, -0.2) is 32.4 Å². The standard InChI is InChI=1S/C39H56N7Si.C33H41N7.C6H15ClSi.ClH.HI.K/c1-41(37-17-8-7-9-18-37)40-33-36-21-27-46(39-20-11-10-19-38(36)39)26-13-6-5-12-22-42-28-29-43(34-42)23-14-15-24-44-30-31-45(35-44)25-16-32-47(2,3)4;1-36(31-13-5-4-6-14-31)35-27-30-17-23-40(33-16-8-7-15-32(30)33)22-10-3-2-9-20-38-25-26-39(29-38)21-12-11-19-37-24-18-34-28-37;1-8(2,3)6-4-5-7;;;/h7-11,17-21,27-31,33-35H,5-6,12-16,22-26,32H2,1-4H3;4-8,13-18,23-29H,2-3,9-12,19-22H2,1H3;4-6H2,1-3H3;2*1H;/q+3;+2;;;;+1/p-2. The quantitative estimate of drug-likeness (QED) is 0.00815. The van der Waals surface area contributed by atoms with Gasteiger partial charge in [-0.2, -0.15) is 19.3 Å². The summed E-state index contributed by atoms with van der Waals surface area (Å²) in [6.45, 7) is 24.2. The summed E-state index contributed by atoms with van der Waals surface area (Å²) in [5.41, 5.74) is 6.95. The van der Waals surface area contributed by atoms with Crippen LogP contribution in [0.15, 0.2) is 219 Å². The first kappa shape index (κ1) is 83.5. The van der Waals surface area contributed by atoms with Crippen LogP contribution in [0.3, 0.4) is 0 Å². The van der Waals surface area contributed by atoms with Crippen molar-refractivity contribution in [1.29, 1.82) is 0 Å². The van der Waals surface area contributed by atoms with Gasteiger partial charge in [-0.05, 0) is 113 Å². The third-order valence-corrected chi connectivity index (χ3v) is 21.4. The summed E-state index contributed by atoms with van der Waals surface area (Å²) in [6, 6.07) is 44.9. The Bertz CT molecular complexity index is 3830. The van der Waals surface area contributed by atoms with E-state index in [1.54, 1.807) is 0 Å². The first-order chi connectivity index (χ1) is 46.2. The number of alkyl halides is 1. The topological polar surface area (TPSA) is 83.2 Å². The van der Waals surface area contributed by atoms with Crippen molar-refractivity contribution in [2.45, 2.75) is 200 Å². The van der Waals surface area contributed by atoms with E-state index < -0.39 is 16.1 Å². The number of hydrogen-bond acceptors (Lipinski definition) is 5. The number of halogens is 3. The van der Waals surface area contributed by atoms with Crippen molar-refractivity contribution in [3.63, 3.8) is 0 Å². The minimum absolute atomic E-state index is 0. The van der Waals surface area contributed by atoms with Crippen molar-refractivity contribution in [2.24, 2.45) is 10.2 Å². The molecule has 0 aliphatic rings. The largest absolute Gasteiger partial charge is 1.00 e. The predicted octanol–water partition coefficient (Wildman–Crippen LogP) is 6.83. The molecule has 14 nitrogen and oxygen atoms in total. The van der Waals surface area contributed by atoms with Crippen molar-refractivity contribution in [3.8, 4) is 0 Å². The average molecular weight is 1540 g/mol. The van der Waals surface area contributed by atoms with Gasteiger partial charge >= 0.3 is 51.4 Å². The van der Waals surface area contributed by atoms with Gasteiger partial charge < -0.3 is 41.0 Å². The van der Waals surface area contributed by atoms with E-state index in [0.717, 1.165) is 87.3 Å². The molecule has 0 N–H and O–H groups in total. The summed E-state index contributed by atoms with van der Waals surface area (Å²) in [5, 5.41) is 15.7. The average Bonchev–Trinajstić information content (AvgIpc) is 1.08. The van der Waals surface area contributed by atoms with Gasteiger partial charge in [0.05, 0.1) is 80.2 Å². The summed E-state index contributed by atoms with van der Waals surface area (Å²) < 4.78 is 21.0. The number of pyridine rings is 2. The summed E-state index contributed by atoms with van der Waals surface area (Å²) in [5.74, 6) is 0.838. The third-order valence-electron chi connectivity index (χ3n) is 17.4. The number of benzene rings is 4. The molecule has 0 spiro atoms. The molecular weight excluding hydrogens is 1430 g/mol. The van der Waals surface area contributed by atoms with Crippen molar-refractivity contribution < 1.29 is 111 Å². The number of unbranched alkanes of at least 4 members (excludes halogenated alkanes) is 8. The van der Waals surface area contributed by atoms with E-state index in [4.69, 9.17) is 16.7 Å². The molecule has 0 fully saturated rings. The van der Waals surface area contributed by atoms with Gasteiger partial charge in [-0.3, -0.25) is 10.0 Å². The smallest absolute Gasteiger partial charge is 1.00 e. The Hall–Kier alpha value is -5.14. The molecule has 4 aromatic carbocycles. The molecule has 0 aliphatic heterocycles. The molecule has 0 saturated carbocycles. The predicted molar refractivity (Wildman–Crippen MR) is 401 cm³/mol. The van der Waals surface area contributed by atoms with Gasteiger partial charge in [-0.1, -0.05) is 112 Å². The van der Waals surface area contributed by atoms with Gasteiger partial charge in [-0.15, -0.1) is 11.6 Å². The van der Waals surface area contributed by atoms with E-state index in [1.807, 2.05) is 91.7 Å². The monoisotopic (exact) mass is 1540 g/mol. The molecule has 0 radical (unpaired) electrons. The van der Waals surface area contributed by atoms with Crippen LogP contribution in [0.5, 0.6) is 0 Å². The van der Waals surface area contributed by atoms with Crippen LogP contribution in [0.1, 0.15) is 101 Å². The molecule has 6 heterocycles. The molecule has 0 saturated heterocycles. The minimum atomic E-state index is -0.936. The Morgan fingerprint density at radius 2 is 0.796 bits per heavy atom. The fourth-order valence-electron chi connectivity index (χ4n) is 11.9. The maximum atomic E-state index is 5.53. The number of hydrogen-bond donors (Lipinski definition) is 0. The van der Waals surface area contributed by atoms with Crippen molar-refractivity contribution in [2.75, 3.05) is 30.0 Å². The van der Waals surface area contributed by atoms with Gasteiger partial charge in [0.15, 0.2) is 12.4 Å². The molecule has 0 aliphatic carbocycles. The second-order valence-electron chi connectivity index (χ2n) is 27.9. The van der Waals surface area contributed by atoms with Crippen LogP contribution >= 0.6 is 11.6 Å². The first-order valence-electron chi connectivity index (χ1n) is 35.3. The van der Waals surface area contributed by atoms with Crippen molar-refractivity contribution >= 4 is 73.4 Å². The molecule has 0 atom stereocenters. The Balaban J connectivity index is 0.000000312. The Kier molecular flexibility index (Phi) is 38.9. The molecule has 10 aromatic rings. The van der Waals surface area contributed by atoms with Crippen molar-refractivity contribution in [3.05, 3.63) is 220 Å². The molecule has 6 aromatic heterocycles. The molecule has 98 heavy (non-hydrogen) atoms. The summed E-state index contributed by atoms with van der Waals surface area (Å²) >= 11 is 5.53. The minimum Gasteiger partial charge on any atom is -1.00 e. The zero-order chi connectivity index (χ0) is 66.9. The zero-order valence-corrected chi connectivity index (χ0v) is 69.4. The first-order valence-corrected chi connectivity index (χ1v) is 43.3. The number of anilines is 2. The fraction of sp³-hybridized carbons (Fsp3) is 0.436. The van der Waals surface area contributed by atoms with Gasteiger partial charge in [0, 0.05) is 103 Å². The van der Waals surface area contributed by atoms with Crippen LogP contribution in [0, 0.1) is 0 Å². The van der Waals surface area contributed by atoms with Crippen LogP contribution < -0.4 is 121 Å². The van der Waals surface area contributed by atoms with Crippen LogP contribution in [0.25, 0.3) is 21.8 Å². The zero-order valence-electron chi connectivity index (χ0n) is 60.6. The SMILES string of the molecule is CN(/N=C/c1cc[n+](CCCCCC[n+]2ccn(CCCCn3cc[n+](CCC[Si](C)(C)C)c3)c2)c2ccccc12)c1ccccc1.CN(/N=C/c1cc[n+](CCCCCC[n+]2ccn(CCCCn3ccnc3)c2)c2ccccc12)c1ccccc1.C[Si](C)(C)CCCCl.[Cl-].[I-].[K+]. The Morgan fingerprint density at radius 1 is 0.429 bits per heavy atom. The maximum absolute atomic E-state index is 5.53. The molecular formula is C78H112Cl2IKN14Si2+4. The van der Waals surface area contributed by atoms with E-state index in [9.17, 15) is 0 Å².